The molecule has 100 valence electrons. The van der Waals surface area contributed by atoms with Gasteiger partial charge in [-0.3, -0.25) is 0 Å². The Morgan fingerprint density at radius 2 is 2.06 bits per heavy atom. The van der Waals surface area contributed by atoms with Crippen LogP contribution in [0, 0.1) is 12.8 Å². The van der Waals surface area contributed by atoms with Gasteiger partial charge >= 0.3 is 0 Å². The molecule has 1 aliphatic rings. The minimum absolute atomic E-state index is 0.681. The van der Waals surface area contributed by atoms with Crippen LogP contribution in [0.1, 0.15) is 25.3 Å². The molecule has 1 unspecified atom stereocenters. The highest BCUT2D eigenvalue weighted by Crippen LogP contribution is 2.17. The molecule has 0 aliphatic carbocycles. The standard InChI is InChI=1S/C15H25N3/c1-12(11-18-7-3-4-8-18)10-17-14-5-6-15(16)13(2)9-14/h5-6,9,12,17H,3-4,7-8,10-11,16H2,1-2H3. The Morgan fingerprint density at radius 3 is 2.72 bits per heavy atom. The fourth-order valence-electron chi connectivity index (χ4n) is 2.55. The molecule has 0 amide bonds. The second kappa shape index (κ2) is 6.10. The Hall–Kier alpha value is -1.22. The Morgan fingerprint density at radius 1 is 1.33 bits per heavy atom. The predicted molar refractivity (Wildman–Crippen MR) is 78.9 cm³/mol. The molecule has 3 N–H and O–H groups in total. The molecule has 0 aromatic heterocycles. The lowest BCUT2D eigenvalue weighted by atomic mass is 10.1. The molecule has 1 heterocycles. The fraction of sp³-hybridized carbons (Fsp3) is 0.600. The van der Waals surface area contributed by atoms with E-state index in [1.165, 1.54) is 38.2 Å². The molecule has 0 radical (unpaired) electrons. The summed E-state index contributed by atoms with van der Waals surface area (Å²) in [5, 5.41) is 3.50. The van der Waals surface area contributed by atoms with Crippen molar-refractivity contribution >= 4 is 11.4 Å². The van der Waals surface area contributed by atoms with E-state index in [-0.39, 0.29) is 0 Å². The summed E-state index contributed by atoms with van der Waals surface area (Å²) in [6.45, 7) is 9.17. The average Bonchev–Trinajstić information content (AvgIpc) is 2.83. The summed E-state index contributed by atoms with van der Waals surface area (Å²) in [4.78, 5) is 2.57. The van der Waals surface area contributed by atoms with Crippen LogP contribution < -0.4 is 11.1 Å². The van der Waals surface area contributed by atoms with Crippen LogP contribution in [0.25, 0.3) is 0 Å². The van der Waals surface area contributed by atoms with Crippen molar-refractivity contribution in [2.75, 3.05) is 37.2 Å². The quantitative estimate of drug-likeness (QED) is 0.786. The van der Waals surface area contributed by atoms with Crippen LogP contribution in [-0.2, 0) is 0 Å². The first-order valence-corrected chi connectivity index (χ1v) is 6.97. The molecule has 2 rings (SSSR count). The zero-order valence-electron chi connectivity index (χ0n) is 11.6. The van der Waals surface area contributed by atoms with Gasteiger partial charge in [0.05, 0.1) is 0 Å². The van der Waals surface area contributed by atoms with Crippen LogP contribution in [-0.4, -0.2) is 31.1 Å². The Bertz CT molecular complexity index is 383. The third kappa shape index (κ3) is 3.64. The van der Waals surface area contributed by atoms with Crippen LogP contribution in [0.2, 0.25) is 0 Å². The molecule has 3 nitrogen and oxygen atoms in total. The fourth-order valence-corrected chi connectivity index (χ4v) is 2.55. The molecule has 0 spiro atoms. The number of hydrogen-bond acceptors (Lipinski definition) is 3. The van der Waals surface area contributed by atoms with Gasteiger partial charge in [0.2, 0.25) is 0 Å². The number of nitrogens with zero attached hydrogens (tertiary/aromatic N) is 1. The van der Waals surface area contributed by atoms with Crippen molar-refractivity contribution in [2.24, 2.45) is 5.92 Å². The summed E-state index contributed by atoms with van der Waals surface area (Å²) >= 11 is 0. The third-order valence-corrected chi connectivity index (χ3v) is 3.69. The van der Waals surface area contributed by atoms with Crippen molar-refractivity contribution in [3.63, 3.8) is 0 Å². The lowest BCUT2D eigenvalue weighted by Gasteiger charge is -2.21. The topological polar surface area (TPSA) is 41.3 Å². The largest absolute Gasteiger partial charge is 0.399 e. The van der Waals surface area contributed by atoms with Gasteiger partial charge in [-0.1, -0.05) is 6.92 Å². The van der Waals surface area contributed by atoms with Gasteiger partial charge in [0, 0.05) is 24.5 Å². The van der Waals surface area contributed by atoms with Gasteiger partial charge in [0.15, 0.2) is 0 Å². The summed E-state index contributed by atoms with van der Waals surface area (Å²) in [6.07, 6.45) is 2.74. The summed E-state index contributed by atoms with van der Waals surface area (Å²) in [5.74, 6) is 0.681. The van der Waals surface area contributed by atoms with E-state index in [0.29, 0.717) is 5.92 Å². The van der Waals surface area contributed by atoms with E-state index in [2.05, 4.69) is 29.3 Å². The van der Waals surface area contributed by atoms with Crippen LogP contribution in [0.5, 0.6) is 0 Å². The molecular formula is C15H25N3. The first-order chi connectivity index (χ1) is 8.65. The maximum atomic E-state index is 5.82. The molecule has 1 atom stereocenters. The van der Waals surface area contributed by atoms with E-state index in [1.54, 1.807) is 0 Å². The van der Waals surface area contributed by atoms with Gasteiger partial charge in [0.25, 0.3) is 0 Å². The smallest absolute Gasteiger partial charge is 0.0345 e. The highest BCUT2D eigenvalue weighted by atomic mass is 15.1. The number of rotatable bonds is 5. The average molecular weight is 247 g/mol. The number of benzene rings is 1. The predicted octanol–water partition coefficient (Wildman–Crippen LogP) is 2.72. The maximum absolute atomic E-state index is 5.82. The van der Waals surface area contributed by atoms with Crippen LogP contribution in [0.15, 0.2) is 18.2 Å². The molecule has 3 heteroatoms. The zero-order chi connectivity index (χ0) is 13.0. The van der Waals surface area contributed by atoms with Gasteiger partial charge in [-0.05, 0) is 62.5 Å². The number of nitrogen functional groups attached to an aromatic ring is 1. The molecule has 1 saturated heterocycles. The molecule has 1 aromatic rings. The van der Waals surface area contributed by atoms with E-state index in [1.807, 2.05) is 13.0 Å². The Balaban J connectivity index is 1.77. The second-order valence-electron chi connectivity index (χ2n) is 5.57. The van der Waals surface area contributed by atoms with Crippen molar-refractivity contribution in [1.82, 2.24) is 4.90 Å². The Kier molecular flexibility index (Phi) is 4.48. The summed E-state index contributed by atoms with van der Waals surface area (Å²) in [7, 11) is 0. The summed E-state index contributed by atoms with van der Waals surface area (Å²) in [6, 6.07) is 6.16. The Labute approximate surface area is 110 Å². The SMILES string of the molecule is Cc1cc(NCC(C)CN2CCCC2)ccc1N. The molecule has 0 saturated carbocycles. The molecule has 0 bridgehead atoms. The van der Waals surface area contributed by atoms with E-state index in [0.717, 1.165) is 17.8 Å². The van der Waals surface area contributed by atoms with Gasteiger partial charge in [0.1, 0.15) is 0 Å². The molecule has 1 aromatic carbocycles. The minimum atomic E-state index is 0.681. The van der Waals surface area contributed by atoms with Crippen LogP contribution in [0.4, 0.5) is 11.4 Å². The van der Waals surface area contributed by atoms with Gasteiger partial charge in [-0.25, -0.2) is 0 Å². The number of anilines is 2. The van der Waals surface area contributed by atoms with Gasteiger partial charge in [-0.2, -0.15) is 0 Å². The van der Waals surface area contributed by atoms with Crippen LogP contribution >= 0.6 is 0 Å². The number of nitrogens with two attached hydrogens (primary N) is 1. The second-order valence-corrected chi connectivity index (χ2v) is 5.57. The number of nitrogens with one attached hydrogen (secondary N) is 1. The van der Waals surface area contributed by atoms with Crippen molar-refractivity contribution in [1.29, 1.82) is 0 Å². The van der Waals surface area contributed by atoms with Gasteiger partial charge in [-0.15, -0.1) is 0 Å². The highest BCUT2D eigenvalue weighted by Gasteiger charge is 2.14. The van der Waals surface area contributed by atoms with Crippen molar-refractivity contribution in [3.05, 3.63) is 23.8 Å². The lowest BCUT2D eigenvalue weighted by molar-refractivity contribution is 0.294. The van der Waals surface area contributed by atoms with Crippen molar-refractivity contribution < 1.29 is 0 Å². The number of likely N-dealkylation sites (tertiary alicyclic amines) is 1. The first-order valence-electron chi connectivity index (χ1n) is 6.97. The van der Waals surface area contributed by atoms with Crippen LogP contribution in [0.3, 0.4) is 0 Å². The monoisotopic (exact) mass is 247 g/mol. The molecular weight excluding hydrogens is 222 g/mol. The van der Waals surface area contributed by atoms with Crippen molar-refractivity contribution in [2.45, 2.75) is 26.7 Å². The van der Waals surface area contributed by atoms with E-state index in [9.17, 15) is 0 Å². The number of aryl methyl sites for hydroxylation is 1. The summed E-state index contributed by atoms with van der Waals surface area (Å²) in [5.41, 5.74) is 9.01. The third-order valence-electron chi connectivity index (χ3n) is 3.69. The van der Waals surface area contributed by atoms with E-state index >= 15 is 0 Å². The zero-order valence-corrected chi connectivity index (χ0v) is 11.6. The molecule has 1 aliphatic heterocycles. The highest BCUT2D eigenvalue weighted by molar-refractivity contribution is 5.56. The van der Waals surface area contributed by atoms with Gasteiger partial charge < -0.3 is 16.0 Å². The lowest BCUT2D eigenvalue weighted by Crippen LogP contribution is -2.28. The van der Waals surface area contributed by atoms with E-state index < -0.39 is 0 Å². The molecule has 1 fully saturated rings. The molecule has 18 heavy (non-hydrogen) atoms. The van der Waals surface area contributed by atoms with Crippen molar-refractivity contribution in [3.8, 4) is 0 Å². The summed E-state index contributed by atoms with van der Waals surface area (Å²) < 4.78 is 0. The van der Waals surface area contributed by atoms with E-state index in [4.69, 9.17) is 5.73 Å². The minimum Gasteiger partial charge on any atom is -0.399 e. The first kappa shape index (κ1) is 13.2. The maximum Gasteiger partial charge on any atom is 0.0345 e. The number of hydrogen-bond donors (Lipinski definition) is 2. The normalized spacial score (nSPS) is 17.9.